The van der Waals surface area contributed by atoms with Gasteiger partial charge in [0.2, 0.25) is 0 Å². The summed E-state index contributed by atoms with van der Waals surface area (Å²) in [5.41, 5.74) is 0. The molecule has 0 N–H and O–H groups in total. The second-order valence-corrected chi connectivity index (χ2v) is 0. The maximum Gasteiger partial charge on any atom is 2.00 e. The van der Waals surface area contributed by atoms with Gasteiger partial charge in [0.1, 0.15) is 0 Å². The average molecular weight is 425 g/mol. The molecule has 0 aromatic heterocycles. The van der Waals surface area contributed by atoms with Crippen molar-refractivity contribution in [1.82, 2.24) is 0 Å². The molecule has 0 aliphatic carbocycles. The summed E-state index contributed by atoms with van der Waals surface area (Å²) in [5, 5.41) is 0. The molecule has 0 saturated carbocycles. The first kappa shape index (κ1) is 61.1. The van der Waals surface area contributed by atoms with Crippen molar-refractivity contribution >= 4 is 27.2 Å². The van der Waals surface area contributed by atoms with Crippen LogP contribution >= 0.6 is 0 Å². The van der Waals surface area contributed by atoms with Gasteiger partial charge in [-0.1, -0.05) is 0 Å². The molecule has 11 heavy (non-hydrogen) atoms. The zero-order chi connectivity index (χ0) is 8.00. The molecule has 0 fully saturated rings. The predicted octanol–water partition coefficient (Wildman–Crippen LogP) is -7.58. The molecule has 9 radical (unpaired) electrons. The molecule has 0 rings (SSSR count). The van der Waals surface area contributed by atoms with Gasteiger partial charge in [0, 0.05) is 0 Å². The summed E-state index contributed by atoms with van der Waals surface area (Å²) in [7, 11) is 0. The van der Waals surface area contributed by atoms with Gasteiger partial charge in [0.15, 0.2) is 0 Å². The fraction of sp³-hybridized carbons (Fsp3) is 0. The third-order valence-electron chi connectivity index (χ3n) is 0. The van der Waals surface area contributed by atoms with Gasteiger partial charge in [-0.2, -0.15) is 0 Å². The van der Waals surface area contributed by atoms with Gasteiger partial charge >= 0.3 is 16.8 Å². The van der Waals surface area contributed by atoms with Crippen LogP contribution in [-0.2, 0) is 36.0 Å². The predicted molar refractivity (Wildman–Crippen MR) is 22.8 cm³/mol. The van der Waals surface area contributed by atoms with Crippen molar-refractivity contribution in [2.24, 2.45) is 0 Å². The summed E-state index contributed by atoms with van der Waals surface area (Å²) in [6.07, 6.45) is 0. The molecule has 0 aromatic carbocycles. The Labute approximate surface area is 110 Å². The Bertz CT molecular complexity index is 28.1. The Morgan fingerprint density at radius 1 is 0.455 bits per heavy atom. The van der Waals surface area contributed by atoms with Crippen molar-refractivity contribution < 1.29 is 83.9 Å². The van der Waals surface area contributed by atoms with Crippen LogP contribution in [-0.4, -0.2) is 27.2 Å². The maximum absolute atomic E-state index is 7.50. The van der Waals surface area contributed by atoms with Gasteiger partial charge in [-0.15, -0.1) is 0 Å². The van der Waals surface area contributed by atoms with Crippen LogP contribution in [0.2, 0.25) is 0 Å². The van der Waals surface area contributed by atoms with E-state index in [1.807, 2.05) is 0 Å². The monoisotopic (exact) mass is 425 g/mol. The molecule has 0 amide bonds. The third kappa shape index (κ3) is 1900. The topological polar surface area (TPSA) is 68.3 Å². The molecule has 0 atom stereocenters. The molecule has 0 heterocycles. The zero-order valence-electron chi connectivity index (χ0n) is 4.72. The number of hydrogen-bond donors (Lipinski definition) is 0. The van der Waals surface area contributed by atoms with E-state index in [9.17, 15) is 0 Å². The Morgan fingerprint density at radius 3 is 0.455 bits per heavy atom. The van der Waals surface area contributed by atoms with E-state index in [0.717, 1.165) is 0 Å². The first-order chi connectivity index (χ1) is 4.00. The second-order valence-electron chi connectivity index (χ2n) is 0. The molecule has 0 aliphatic rings. The van der Waals surface area contributed by atoms with Crippen LogP contribution in [0.4, 0.5) is 0 Å². The summed E-state index contributed by atoms with van der Waals surface area (Å²) in [6, 6.07) is 0. The Morgan fingerprint density at radius 2 is 0.455 bits per heavy atom. The van der Waals surface area contributed by atoms with Crippen molar-refractivity contribution in [3.8, 4) is 0 Å². The SMILES string of the molecule is [C]=O.[C]=O.[C]=O.[C]=O.[Co+2].[I-].[I-]. The van der Waals surface area contributed by atoms with Gasteiger partial charge in [-0.25, -0.2) is 0 Å². The van der Waals surface area contributed by atoms with Crippen molar-refractivity contribution in [1.29, 1.82) is 0 Å². The summed E-state index contributed by atoms with van der Waals surface area (Å²) >= 11 is 0. The molecule has 0 aromatic rings. The van der Waals surface area contributed by atoms with E-state index in [4.69, 9.17) is 19.2 Å². The van der Waals surface area contributed by atoms with Gasteiger partial charge < -0.3 is 48.0 Å². The van der Waals surface area contributed by atoms with Crippen LogP contribution in [0, 0.1) is 0 Å². The molecule has 0 unspecified atom stereocenters. The molecule has 7 heteroatoms. The molecule has 63 valence electrons. The summed E-state index contributed by atoms with van der Waals surface area (Å²) < 4.78 is 0. The number of halogens is 2. The Kier molecular flexibility index (Phi) is 13200. The second kappa shape index (κ2) is 2370. The maximum atomic E-state index is 7.50. The van der Waals surface area contributed by atoms with Crippen molar-refractivity contribution in [2.75, 3.05) is 0 Å². The first-order valence-electron chi connectivity index (χ1n) is 0.816. The van der Waals surface area contributed by atoms with Crippen molar-refractivity contribution in [3.63, 3.8) is 0 Å². The quantitative estimate of drug-likeness (QED) is 0.362. The minimum Gasteiger partial charge on any atom is -1.00 e. The first-order valence-corrected chi connectivity index (χ1v) is 0.816. The Hall–Kier alpha value is 0.646. The van der Waals surface area contributed by atoms with Crippen LogP contribution in [0.3, 0.4) is 0 Å². The molecular weight excluding hydrogens is 425 g/mol. The van der Waals surface area contributed by atoms with E-state index >= 15 is 0 Å². The number of hydrogen-bond acceptors (Lipinski definition) is 4. The van der Waals surface area contributed by atoms with E-state index in [1.54, 1.807) is 0 Å². The summed E-state index contributed by atoms with van der Waals surface area (Å²) in [4.78, 5) is 30.0. The number of rotatable bonds is 0. The molecule has 4 nitrogen and oxygen atoms in total. The molecule has 0 spiro atoms. The van der Waals surface area contributed by atoms with Gasteiger partial charge in [0.05, 0.1) is 0 Å². The minimum absolute atomic E-state index is 0. The molecule has 0 saturated heterocycles. The van der Waals surface area contributed by atoms with E-state index in [0.29, 0.717) is 0 Å². The zero-order valence-corrected chi connectivity index (χ0v) is 10.1. The van der Waals surface area contributed by atoms with E-state index in [2.05, 4.69) is 27.2 Å². The van der Waals surface area contributed by atoms with Crippen LogP contribution in [0.25, 0.3) is 0 Å². The van der Waals surface area contributed by atoms with E-state index in [-0.39, 0.29) is 64.7 Å². The van der Waals surface area contributed by atoms with Gasteiger partial charge in [0.25, 0.3) is 27.2 Å². The van der Waals surface area contributed by atoms with Gasteiger partial charge in [-0.3, -0.25) is 19.2 Å². The van der Waals surface area contributed by atoms with E-state index in [1.165, 1.54) is 0 Å². The fourth-order valence-corrected chi connectivity index (χ4v) is 0. The standard InChI is InChI=1S/4CO.Co.2HI/c4*1-2;;;/h;;;;;2*1H/q;;;;+2;;/p-2. The van der Waals surface area contributed by atoms with Gasteiger partial charge in [-0.05, 0) is 0 Å². The third-order valence-corrected chi connectivity index (χ3v) is 0. The fourth-order valence-electron chi connectivity index (χ4n) is 0. The van der Waals surface area contributed by atoms with Crippen molar-refractivity contribution in [2.45, 2.75) is 0 Å². The minimum atomic E-state index is 0. The Balaban J connectivity index is -0.00000000356. The molecule has 0 aliphatic heterocycles. The smallest absolute Gasteiger partial charge is 1.00 e. The number of carbonyl (C=O) groups excluding carboxylic acids is 4. The van der Waals surface area contributed by atoms with Crippen LogP contribution in [0.15, 0.2) is 0 Å². The summed E-state index contributed by atoms with van der Waals surface area (Å²) in [6.45, 7) is 18.0. The normalized spacial score (nSPS) is 1.45. The molecule has 0 bridgehead atoms. The summed E-state index contributed by atoms with van der Waals surface area (Å²) in [5.74, 6) is 0. The molecular formula is C4CoI2O4. The van der Waals surface area contributed by atoms with Crippen LogP contribution in [0.1, 0.15) is 0 Å². The van der Waals surface area contributed by atoms with Crippen LogP contribution in [0.5, 0.6) is 0 Å². The van der Waals surface area contributed by atoms with Crippen LogP contribution < -0.4 is 48.0 Å². The average Bonchev–Trinajstić information content (AvgIpc) is 2.03. The van der Waals surface area contributed by atoms with Crippen molar-refractivity contribution in [3.05, 3.63) is 0 Å². The largest absolute Gasteiger partial charge is 2.00 e. The van der Waals surface area contributed by atoms with E-state index < -0.39 is 0 Å².